The van der Waals surface area contributed by atoms with E-state index in [1.165, 1.54) is 0 Å². The van der Waals surface area contributed by atoms with Crippen molar-refractivity contribution in [2.75, 3.05) is 23.7 Å². The number of benzene rings is 1. The molecule has 2 rings (SSSR count). The Morgan fingerprint density at radius 2 is 2.08 bits per heavy atom. The second-order valence-corrected chi connectivity index (χ2v) is 5.79. The van der Waals surface area contributed by atoms with Gasteiger partial charge in [-0.05, 0) is 31.0 Å². The van der Waals surface area contributed by atoms with Crippen LogP contribution in [0.25, 0.3) is 0 Å². The number of carbonyl (C=O) groups excluding carboxylic acids is 2. The minimum atomic E-state index is -4.40. The number of carbonyl (C=O) groups is 2. The SMILES string of the molecule is CCC(=O)Nc1ccc(C)c(NC2CCN(CC(F)(F)F)C2=O)c1. The molecule has 1 aliphatic rings. The van der Waals surface area contributed by atoms with Crippen molar-refractivity contribution in [3.05, 3.63) is 23.8 Å². The fourth-order valence-electron chi connectivity index (χ4n) is 2.54. The Balaban J connectivity index is 2.07. The summed E-state index contributed by atoms with van der Waals surface area (Å²) in [4.78, 5) is 24.4. The van der Waals surface area contributed by atoms with E-state index in [2.05, 4.69) is 10.6 Å². The topological polar surface area (TPSA) is 61.4 Å². The second kappa shape index (κ2) is 7.11. The van der Waals surface area contributed by atoms with E-state index >= 15 is 0 Å². The zero-order chi connectivity index (χ0) is 17.9. The Morgan fingerprint density at radius 3 is 2.71 bits per heavy atom. The minimum absolute atomic E-state index is 0.0708. The normalized spacial score (nSPS) is 18.0. The number of hydrogen-bond acceptors (Lipinski definition) is 3. The monoisotopic (exact) mass is 343 g/mol. The van der Waals surface area contributed by atoms with Crippen molar-refractivity contribution in [2.24, 2.45) is 0 Å². The number of rotatable bonds is 5. The van der Waals surface area contributed by atoms with Crippen LogP contribution in [0.1, 0.15) is 25.3 Å². The molecule has 2 N–H and O–H groups in total. The predicted octanol–water partition coefficient (Wildman–Crippen LogP) is 2.92. The van der Waals surface area contributed by atoms with Crippen LogP contribution < -0.4 is 10.6 Å². The summed E-state index contributed by atoms with van der Waals surface area (Å²) < 4.78 is 37.4. The standard InChI is InChI=1S/C16H20F3N3O2/c1-3-14(23)20-11-5-4-10(2)13(8-11)21-12-6-7-22(15(12)24)9-16(17,18)19/h4-5,8,12,21H,3,6-7,9H2,1-2H3,(H,20,23). The molecule has 1 unspecified atom stereocenters. The van der Waals surface area contributed by atoms with Gasteiger partial charge in [0, 0.05) is 24.3 Å². The highest BCUT2D eigenvalue weighted by Gasteiger charge is 2.39. The third-order valence-electron chi connectivity index (χ3n) is 3.84. The molecule has 1 fully saturated rings. The molecule has 1 aromatic rings. The molecule has 5 nitrogen and oxygen atoms in total. The summed E-state index contributed by atoms with van der Waals surface area (Å²) in [5.41, 5.74) is 2.04. The lowest BCUT2D eigenvalue weighted by atomic mass is 10.1. The molecule has 8 heteroatoms. The largest absolute Gasteiger partial charge is 0.406 e. The molecule has 0 aromatic heterocycles. The van der Waals surface area contributed by atoms with Gasteiger partial charge < -0.3 is 15.5 Å². The zero-order valence-corrected chi connectivity index (χ0v) is 13.5. The number of amides is 2. The fraction of sp³-hybridized carbons (Fsp3) is 0.500. The van der Waals surface area contributed by atoms with E-state index in [4.69, 9.17) is 0 Å². The van der Waals surface area contributed by atoms with E-state index in [0.29, 0.717) is 24.2 Å². The molecular weight excluding hydrogens is 323 g/mol. The average Bonchev–Trinajstić information content (AvgIpc) is 2.82. The Labute approximate surface area is 138 Å². The van der Waals surface area contributed by atoms with E-state index in [1.54, 1.807) is 25.1 Å². The van der Waals surface area contributed by atoms with Crippen LogP contribution >= 0.6 is 0 Å². The molecule has 1 aliphatic heterocycles. The van der Waals surface area contributed by atoms with E-state index in [0.717, 1.165) is 10.5 Å². The third-order valence-corrected chi connectivity index (χ3v) is 3.84. The van der Waals surface area contributed by atoms with E-state index in [1.807, 2.05) is 6.92 Å². The Morgan fingerprint density at radius 1 is 1.38 bits per heavy atom. The van der Waals surface area contributed by atoms with Crippen molar-refractivity contribution in [1.82, 2.24) is 4.90 Å². The summed E-state index contributed by atoms with van der Waals surface area (Å²) in [6.07, 6.45) is -3.76. The van der Waals surface area contributed by atoms with Crippen molar-refractivity contribution < 1.29 is 22.8 Å². The highest BCUT2D eigenvalue weighted by Crippen LogP contribution is 2.26. The predicted molar refractivity (Wildman–Crippen MR) is 84.8 cm³/mol. The number of alkyl halides is 3. The van der Waals surface area contributed by atoms with Gasteiger partial charge in [0.1, 0.15) is 12.6 Å². The number of halogens is 3. The molecule has 0 saturated carbocycles. The molecule has 1 saturated heterocycles. The van der Waals surface area contributed by atoms with Crippen molar-refractivity contribution in [2.45, 2.75) is 38.9 Å². The Kier molecular flexibility index (Phi) is 5.36. The van der Waals surface area contributed by atoms with Crippen LogP contribution in [0.2, 0.25) is 0 Å². The first-order valence-corrected chi connectivity index (χ1v) is 7.72. The number of nitrogens with zero attached hydrogens (tertiary/aromatic N) is 1. The van der Waals surface area contributed by atoms with Crippen molar-refractivity contribution in [3.63, 3.8) is 0 Å². The van der Waals surface area contributed by atoms with Gasteiger partial charge in [0.25, 0.3) is 0 Å². The Bertz CT molecular complexity index is 631. The summed E-state index contributed by atoms with van der Waals surface area (Å²) in [6, 6.07) is 4.51. The van der Waals surface area contributed by atoms with Crippen LogP contribution in [0.3, 0.4) is 0 Å². The van der Waals surface area contributed by atoms with Crippen LogP contribution in [0, 0.1) is 6.92 Å². The smallest absolute Gasteiger partial charge is 0.373 e. The summed E-state index contributed by atoms with van der Waals surface area (Å²) >= 11 is 0. The molecule has 0 bridgehead atoms. The maximum absolute atomic E-state index is 12.5. The summed E-state index contributed by atoms with van der Waals surface area (Å²) in [5, 5.41) is 5.71. The van der Waals surface area contributed by atoms with Gasteiger partial charge in [-0.25, -0.2) is 0 Å². The highest BCUT2D eigenvalue weighted by atomic mass is 19.4. The molecule has 132 valence electrons. The molecule has 0 aliphatic carbocycles. The quantitative estimate of drug-likeness (QED) is 0.864. The third kappa shape index (κ3) is 4.62. The van der Waals surface area contributed by atoms with Gasteiger partial charge in [-0.1, -0.05) is 13.0 Å². The van der Waals surface area contributed by atoms with Gasteiger partial charge in [0.05, 0.1) is 0 Å². The first kappa shape index (κ1) is 18.1. The molecule has 1 aromatic carbocycles. The molecule has 0 spiro atoms. The minimum Gasteiger partial charge on any atom is -0.373 e. The first-order chi connectivity index (χ1) is 11.2. The lowest BCUT2D eigenvalue weighted by Gasteiger charge is -2.20. The number of likely N-dealkylation sites (tertiary alicyclic amines) is 1. The number of nitrogens with one attached hydrogen (secondary N) is 2. The summed E-state index contributed by atoms with van der Waals surface area (Å²) in [6.45, 7) is 2.40. The fourth-order valence-corrected chi connectivity index (χ4v) is 2.54. The van der Waals surface area contributed by atoms with Crippen LogP contribution in [-0.4, -0.2) is 42.0 Å². The molecule has 24 heavy (non-hydrogen) atoms. The van der Waals surface area contributed by atoms with Gasteiger partial charge in [-0.15, -0.1) is 0 Å². The maximum atomic E-state index is 12.5. The van der Waals surface area contributed by atoms with E-state index < -0.39 is 24.7 Å². The van der Waals surface area contributed by atoms with Crippen LogP contribution in [0.5, 0.6) is 0 Å². The number of anilines is 2. The molecular formula is C16H20F3N3O2. The Hall–Kier alpha value is -2.25. The zero-order valence-electron chi connectivity index (χ0n) is 13.5. The first-order valence-electron chi connectivity index (χ1n) is 7.72. The van der Waals surface area contributed by atoms with Crippen LogP contribution in [0.15, 0.2) is 18.2 Å². The molecule has 2 amide bonds. The van der Waals surface area contributed by atoms with Gasteiger partial charge in [0.2, 0.25) is 11.8 Å². The maximum Gasteiger partial charge on any atom is 0.406 e. The van der Waals surface area contributed by atoms with E-state index in [9.17, 15) is 22.8 Å². The van der Waals surface area contributed by atoms with Crippen molar-refractivity contribution in [1.29, 1.82) is 0 Å². The van der Waals surface area contributed by atoms with Gasteiger partial charge in [-0.2, -0.15) is 13.2 Å². The second-order valence-electron chi connectivity index (χ2n) is 5.79. The lowest BCUT2D eigenvalue weighted by Crippen LogP contribution is -2.39. The molecule has 0 radical (unpaired) electrons. The molecule has 1 atom stereocenters. The summed E-state index contributed by atoms with van der Waals surface area (Å²) in [7, 11) is 0. The van der Waals surface area contributed by atoms with E-state index in [-0.39, 0.29) is 12.5 Å². The number of hydrogen-bond donors (Lipinski definition) is 2. The van der Waals surface area contributed by atoms with Crippen molar-refractivity contribution >= 4 is 23.2 Å². The van der Waals surface area contributed by atoms with Gasteiger partial charge in [-0.3, -0.25) is 9.59 Å². The average molecular weight is 343 g/mol. The van der Waals surface area contributed by atoms with Crippen LogP contribution in [-0.2, 0) is 9.59 Å². The molecule has 1 heterocycles. The van der Waals surface area contributed by atoms with Crippen LogP contribution in [0.4, 0.5) is 24.5 Å². The van der Waals surface area contributed by atoms with Gasteiger partial charge in [0.15, 0.2) is 0 Å². The summed E-state index contributed by atoms with van der Waals surface area (Å²) in [5.74, 6) is -0.701. The number of aryl methyl sites for hydroxylation is 1. The highest BCUT2D eigenvalue weighted by molar-refractivity contribution is 5.91. The van der Waals surface area contributed by atoms with Gasteiger partial charge >= 0.3 is 6.18 Å². The van der Waals surface area contributed by atoms with Crippen molar-refractivity contribution in [3.8, 4) is 0 Å². The lowest BCUT2D eigenvalue weighted by molar-refractivity contribution is -0.157.